The second-order valence-corrected chi connectivity index (χ2v) is 5.73. The van der Waals surface area contributed by atoms with Crippen molar-refractivity contribution < 1.29 is 9.53 Å². The largest absolute Gasteiger partial charge is 0.493 e. The lowest BCUT2D eigenvalue weighted by Crippen LogP contribution is -2.30. The van der Waals surface area contributed by atoms with E-state index in [4.69, 9.17) is 4.74 Å². The van der Waals surface area contributed by atoms with E-state index in [0.717, 1.165) is 30.8 Å². The number of rotatable bonds is 6. The van der Waals surface area contributed by atoms with Crippen LogP contribution in [0.15, 0.2) is 24.3 Å². The van der Waals surface area contributed by atoms with Gasteiger partial charge in [-0.05, 0) is 36.5 Å². The van der Waals surface area contributed by atoms with Crippen LogP contribution in [0.5, 0.6) is 5.75 Å². The van der Waals surface area contributed by atoms with Gasteiger partial charge in [0.1, 0.15) is 5.75 Å². The van der Waals surface area contributed by atoms with Crippen LogP contribution in [0.4, 0.5) is 0 Å². The number of amides is 1. The SMILES string of the molecule is CC(=O)N(Cc1cccc(OCC(C)C)c1)C1CC1. The lowest BCUT2D eigenvalue weighted by Gasteiger charge is -2.21. The van der Waals surface area contributed by atoms with Crippen LogP contribution in [0.1, 0.15) is 39.2 Å². The van der Waals surface area contributed by atoms with Crippen molar-refractivity contribution >= 4 is 5.91 Å². The zero-order valence-electron chi connectivity index (χ0n) is 12.1. The smallest absolute Gasteiger partial charge is 0.219 e. The summed E-state index contributed by atoms with van der Waals surface area (Å²) in [5, 5.41) is 0. The zero-order chi connectivity index (χ0) is 13.8. The van der Waals surface area contributed by atoms with Crippen LogP contribution in [0.2, 0.25) is 0 Å². The molecule has 0 bridgehead atoms. The van der Waals surface area contributed by atoms with Crippen LogP contribution in [-0.4, -0.2) is 23.5 Å². The molecule has 0 aromatic heterocycles. The van der Waals surface area contributed by atoms with Crippen LogP contribution in [0, 0.1) is 5.92 Å². The minimum Gasteiger partial charge on any atom is -0.493 e. The van der Waals surface area contributed by atoms with Gasteiger partial charge in [0.2, 0.25) is 5.91 Å². The van der Waals surface area contributed by atoms with Gasteiger partial charge >= 0.3 is 0 Å². The molecule has 0 saturated heterocycles. The maximum atomic E-state index is 11.6. The van der Waals surface area contributed by atoms with Crippen molar-refractivity contribution in [1.82, 2.24) is 4.90 Å². The monoisotopic (exact) mass is 261 g/mol. The minimum atomic E-state index is 0.163. The summed E-state index contributed by atoms with van der Waals surface area (Å²) in [6.07, 6.45) is 2.28. The number of nitrogens with zero attached hydrogens (tertiary/aromatic N) is 1. The van der Waals surface area contributed by atoms with Gasteiger partial charge in [-0.15, -0.1) is 0 Å². The third-order valence-electron chi connectivity index (χ3n) is 3.23. The molecule has 1 aliphatic rings. The molecule has 2 rings (SSSR count). The lowest BCUT2D eigenvalue weighted by atomic mass is 10.2. The molecule has 1 aromatic rings. The molecule has 0 radical (unpaired) electrons. The molecule has 0 spiro atoms. The minimum absolute atomic E-state index is 0.163. The second kappa shape index (κ2) is 6.09. The summed E-state index contributed by atoms with van der Waals surface area (Å²) >= 11 is 0. The van der Waals surface area contributed by atoms with E-state index in [1.165, 1.54) is 0 Å². The summed E-state index contributed by atoms with van der Waals surface area (Å²) in [4.78, 5) is 13.6. The Balaban J connectivity index is 1.99. The van der Waals surface area contributed by atoms with E-state index in [-0.39, 0.29) is 5.91 Å². The van der Waals surface area contributed by atoms with Crippen molar-refractivity contribution in [2.45, 2.75) is 46.2 Å². The van der Waals surface area contributed by atoms with Gasteiger partial charge in [0.05, 0.1) is 6.61 Å². The molecule has 1 aliphatic carbocycles. The molecule has 1 saturated carbocycles. The highest BCUT2D eigenvalue weighted by Crippen LogP contribution is 2.28. The molecule has 3 nitrogen and oxygen atoms in total. The van der Waals surface area contributed by atoms with E-state index in [1.807, 2.05) is 23.1 Å². The number of hydrogen-bond acceptors (Lipinski definition) is 2. The Kier molecular flexibility index (Phi) is 4.46. The zero-order valence-corrected chi connectivity index (χ0v) is 12.1. The van der Waals surface area contributed by atoms with E-state index in [2.05, 4.69) is 19.9 Å². The Morgan fingerprint density at radius 3 is 2.74 bits per heavy atom. The third-order valence-corrected chi connectivity index (χ3v) is 3.23. The van der Waals surface area contributed by atoms with Crippen LogP contribution in [-0.2, 0) is 11.3 Å². The standard InChI is InChI=1S/C16H23NO2/c1-12(2)11-19-16-6-4-5-14(9-16)10-17(13(3)18)15-7-8-15/h4-6,9,12,15H,7-8,10-11H2,1-3H3. The first-order valence-electron chi connectivity index (χ1n) is 7.05. The van der Waals surface area contributed by atoms with Crippen LogP contribution < -0.4 is 4.74 Å². The van der Waals surface area contributed by atoms with E-state index in [0.29, 0.717) is 18.5 Å². The predicted molar refractivity (Wildman–Crippen MR) is 76.0 cm³/mol. The quantitative estimate of drug-likeness (QED) is 0.787. The predicted octanol–water partition coefficient (Wildman–Crippen LogP) is 3.23. The molecule has 0 aliphatic heterocycles. The van der Waals surface area contributed by atoms with Gasteiger partial charge in [-0.25, -0.2) is 0 Å². The van der Waals surface area contributed by atoms with Gasteiger partial charge in [-0.3, -0.25) is 4.79 Å². The van der Waals surface area contributed by atoms with Crippen LogP contribution in [0.25, 0.3) is 0 Å². The van der Waals surface area contributed by atoms with Crippen molar-refractivity contribution in [3.8, 4) is 5.75 Å². The summed E-state index contributed by atoms with van der Waals surface area (Å²) in [5.41, 5.74) is 1.14. The summed E-state index contributed by atoms with van der Waals surface area (Å²) < 4.78 is 5.72. The van der Waals surface area contributed by atoms with Crippen molar-refractivity contribution in [3.63, 3.8) is 0 Å². The molecule has 1 fully saturated rings. The molecule has 19 heavy (non-hydrogen) atoms. The Morgan fingerprint density at radius 1 is 1.42 bits per heavy atom. The third kappa shape index (κ3) is 4.27. The summed E-state index contributed by atoms with van der Waals surface area (Å²) in [6.45, 7) is 7.33. The Labute approximate surface area is 115 Å². The Morgan fingerprint density at radius 2 is 2.16 bits per heavy atom. The average Bonchev–Trinajstić information content (AvgIpc) is 3.18. The van der Waals surface area contributed by atoms with Gasteiger partial charge in [-0.2, -0.15) is 0 Å². The number of ether oxygens (including phenoxy) is 1. The number of carbonyl (C=O) groups excluding carboxylic acids is 1. The van der Waals surface area contributed by atoms with E-state index >= 15 is 0 Å². The van der Waals surface area contributed by atoms with Crippen molar-refractivity contribution in [2.75, 3.05) is 6.61 Å². The average molecular weight is 261 g/mol. The Bertz CT molecular complexity index is 438. The van der Waals surface area contributed by atoms with E-state index in [1.54, 1.807) is 6.92 Å². The topological polar surface area (TPSA) is 29.5 Å². The fourth-order valence-electron chi connectivity index (χ4n) is 2.08. The molecular weight excluding hydrogens is 238 g/mol. The van der Waals surface area contributed by atoms with Crippen molar-refractivity contribution in [2.24, 2.45) is 5.92 Å². The van der Waals surface area contributed by atoms with Gasteiger partial charge < -0.3 is 9.64 Å². The van der Waals surface area contributed by atoms with Gasteiger partial charge in [0.25, 0.3) is 0 Å². The van der Waals surface area contributed by atoms with Gasteiger partial charge in [0, 0.05) is 19.5 Å². The molecular formula is C16H23NO2. The van der Waals surface area contributed by atoms with Crippen molar-refractivity contribution in [3.05, 3.63) is 29.8 Å². The summed E-state index contributed by atoms with van der Waals surface area (Å²) in [7, 11) is 0. The highest BCUT2D eigenvalue weighted by atomic mass is 16.5. The normalized spacial score (nSPS) is 14.5. The van der Waals surface area contributed by atoms with E-state index in [9.17, 15) is 4.79 Å². The first-order valence-corrected chi connectivity index (χ1v) is 7.05. The first kappa shape index (κ1) is 13.9. The maximum absolute atomic E-state index is 11.6. The molecule has 1 amide bonds. The number of carbonyl (C=O) groups is 1. The van der Waals surface area contributed by atoms with E-state index < -0.39 is 0 Å². The second-order valence-electron chi connectivity index (χ2n) is 5.73. The fraction of sp³-hybridized carbons (Fsp3) is 0.562. The maximum Gasteiger partial charge on any atom is 0.219 e. The molecule has 0 N–H and O–H groups in total. The first-order chi connectivity index (χ1) is 9.06. The molecule has 104 valence electrons. The number of benzene rings is 1. The molecule has 0 heterocycles. The molecule has 0 unspecified atom stereocenters. The highest BCUT2D eigenvalue weighted by molar-refractivity contribution is 5.74. The molecule has 3 heteroatoms. The van der Waals surface area contributed by atoms with Gasteiger partial charge in [0.15, 0.2) is 0 Å². The summed E-state index contributed by atoms with van der Waals surface area (Å²) in [6, 6.07) is 8.52. The van der Waals surface area contributed by atoms with Crippen molar-refractivity contribution in [1.29, 1.82) is 0 Å². The Hall–Kier alpha value is -1.51. The summed E-state index contributed by atoms with van der Waals surface area (Å²) in [5.74, 6) is 1.57. The molecule has 1 aromatic carbocycles. The van der Waals surface area contributed by atoms with Gasteiger partial charge in [-0.1, -0.05) is 26.0 Å². The number of hydrogen-bond donors (Lipinski definition) is 0. The molecule has 0 atom stereocenters. The highest BCUT2D eigenvalue weighted by Gasteiger charge is 2.30. The van der Waals surface area contributed by atoms with Crippen LogP contribution >= 0.6 is 0 Å². The fourth-order valence-corrected chi connectivity index (χ4v) is 2.08. The van der Waals surface area contributed by atoms with Crippen LogP contribution in [0.3, 0.4) is 0 Å². The lowest BCUT2D eigenvalue weighted by molar-refractivity contribution is -0.130.